The van der Waals surface area contributed by atoms with Crippen molar-refractivity contribution in [3.05, 3.63) is 12.0 Å². The Balaban J connectivity index is 2.23. The van der Waals surface area contributed by atoms with E-state index in [0.717, 1.165) is 0 Å². The number of alkyl halides is 1. The highest BCUT2D eigenvalue weighted by atomic mass is 35.5. The highest BCUT2D eigenvalue weighted by Gasteiger charge is 2.39. The molecule has 2 rings (SSSR count). The van der Waals surface area contributed by atoms with E-state index in [2.05, 4.69) is 9.71 Å². The highest BCUT2D eigenvalue weighted by Crippen LogP contribution is 2.20. The maximum atomic E-state index is 12.2. The van der Waals surface area contributed by atoms with Crippen molar-refractivity contribution >= 4 is 31.5 Å². The number of rotatable bonds is 4. The summed E-state index contributed by atoms with van der Waals surface area (Å²) in [4.78, 5) is 3.98. The Morgan fingerprint density at radius 2 is 2.15 bits per heavy atom. The molecule has 1 saturated heterocycles. The number of nitrogens with zero attached hydrogens (tertiary/aromatic N) is 2. The van der Waals surface area contributed by atoms with Gasteiger partial charge in [0.1, 0.15) is 5.82 Å². The molecule has 2 unspecified atom stereocenters. The van der Waals surface area contributed by atoms with Crippen molar-refractivity contribution in [2.24, 2.45) is 0 Å². The average molecular weight is 342 g/mol. The van der Waals surface area contributed by atoms with Crippen molar-refractivity contribution in [3.8, 4) is 0 Å². The van der Waals surface area contributed by atoms with Crippen LogP contribution in [-0.4, -0.2) is 49.3 Å². The molecule has 0 saturated carbocycles. The van der Waals surface area contributed by atoms with Crippen LogP contribution in [0.1, 0.15) is 12.7 Å². The van der Waals surface area contributed by atoms with Gasteiger partial charge in [-0.1, -0.05) is 0 Å². The van der Waals surface area contributed by atoms with Crippen LogP contribution in [0.25, 0.3) is 0 Å². The van der Waals surface area contributed by atoms with Gasteiger partial charge in [0.15, 0.2) is 14.9 Å². The standard InChI is InChI=1S/C10H16ClN3O4S2/c1-3-14-4-10(12-7(14)2)20(17,18)13-9-6-19(15,16)5-8(9)11/h4,8-9,13H,3,5-6H2,1-2H3. The summed E-state index contributed by atoms with van der Waals surface area (Å²) < 4.78 is 51.3. The summed E-state index contributed by atoms with van der Waals surface area (Å²) in [5.41, 5.74) is 0. The van der Waals surface area contributed by atoms with E-state index in [1.807, 2.05) is 6.92 Å². The lowest BCUT2D eigenvalue weighted by atomic mass is 10.3. The van der Waals surface area contributed by atoms with Crippen LogP contribution in [0.3, 0.4) is 0 Å². The summed E-state index contributed by atoms with van der Waals surface area (Å²) in [5.74, 6) is 0.0761. The molecule has 1 aromatic rings. The monoisotopic (exact) mass is 341 g/mol. The molecule has 1 aromatic heterocycles. The average Bonchev–Trinajstić information content (AvgIpc) is 2.79. The molecule has 2 heterocycles. The number of sulfone groups is 1. The number of aryl methyl sites for hydroxylation is 2. The zero-order chi connectivity index (χ0) is 15.1. The van der Waals surface area contributed by atoms with Crippen LogP contribution < -0.4 is 4.72 Å². The van der Waals surface area contributed by atoms with E-state index in [-0.39, 0.29) is 16.5 Å². The second-order valence-electron chi connectivity index (χ2n) is 4.73. The Morgan fingerprint density at radius 1 is 1.50 bits per heavy atom. The normalized spacial score (nSPS) is 25.9. The Labute approximate surface area is 123 Å². The van der Waals surface area contributed by atoms with E-state index in [1.54, 1.807) is 11.5 Å². The fourth-order valence-electron chi connectivity index (χ4n) is 2.10. The van der Waals surface area contributed by atoms with Gasteiger partial charge < -0.3 is 4.57 Å². The van der Waals surface area contributed by atoms with Gasteiger partial charge in [-0.05, 0) is 13.8 Å². The lowest BCUT2D eigenvalue weighted by molar-refractivity contribution is 0.560. The van der Waals surface area contributed by atoms with Gasteiger partial charge in [0.25, 0.3) is 10.0 Å². The van der Waals surface area contributed by atoms with E-state index < -0.39 is 31.3 Å². The molecule has 0 spiro atoms. The minimum Gasteiger partial charge on any atom is -0.334 e. The van der Waals surface area contributed by atoms with Gasteiger partial charge in [0, 0.05) is 12.7 Å². The van der Waals surface area contributed by atoms with Gasteiger partial charge in [0.05, 0.1) is 22.9 Å². The molecule has 10 heteroatoms. The molecule has 0 amide bonds. The molecule has 2 atom stereocenters. The minimum absolute atomic E-state index is 0.120. The summed E-state index contributed by atoms with van der Waals surface area (Å²) in [6.45, 7) is 4.17. The molecule has 0 aromatic carbocycles. The van der Waals surface area contributed by atoms with Crippen LogP contribution in [0.15, 0.2) is 11.2 Å². The summed E-state index contributed by atoms with van der Waals surface area (Å²) in [6, 6.07) is -0.821. The zero-order valence-corrected chi connectivity index (χ0v) is 13.5. The maximum Gasteiger partial charge on any atom is 0.259 e. The number of aromatic nitrogens is 2. The fraction of sp³-hybridized carbons (Fsp3) is 0.700. The van der Waals surface area contributed by atoms with Crippen LogP contribution in [0.2, 0.25) is 0 Å². The minimum atomic E-state index is -3.87. The third-order valence-corrected chi connectivity index (χ3v) is 6.90. The predicted molar refractivity (Wildman–Crippen MR) is 75.0 cm³/mol. The topological polar surface area (TPSA) is 98.1 Å². The van der Waals surface area contributed by atoms with Gasteiger partial charge in [-0.25, -0.2) is 26.5 Å². The van der Waals surface area contributed by atoms with Crippen LogP contribution in [0.5, 0.6) is 0 Å². The maximum absolute atomic E-state index is 12.2. The Hall–Kier alpha value is -0.640. The Bertz CT molecular complexity index is 711. The first kappa shape index (κ1) is 15.7. The molecule has 1 fully saturated rings. The van der Waals surface area contributed by atoms with E-state index in [0.29, 0.717) is 12.4 Å². The quantitative estimate of drug-likeness (QED) is 0.771. The number of hydrogen-bond acceptors (Lipinski definition) is 5. The van der Waals surface area contributed by atoms with Crippen LogP contribution in [0.4, 0.5) is 0 Å². The van der Waals surface area contributed by atoms with E-state index >= 15 is 0 Å². The molecule has 1 aliphatic rings. The first-order valence-corrected chi connectivity index (χ1v) is 9.79. The SMILES string of the molecule is CCn1cc(S(=O)(=O)NC2CS(=O)(=O)CC2Cl)nc1C. The molecular weight excluding hydrogens is 326 g/mol. The molecule has 0 aliphatic carbocycles. The zero-order valence-electron chi connectivity index (χ0n) is 11.1. The Morgan fingerprint density at radius 3 is 2.60 bits per heavy atom. The highest BCUT2D eigenvalue weighted by molar-refractivity contribution is 7.92. The predicted octanol–water partition coefficient (Wildman–Crippen LogP) is -0.106. The second kappa shape index (κ2) is 5.28. The molecule has 0 bridgehead atoms. The molecular formula is C10H16ClN3O4S2. The molecule has 7 nitrogen and oxygen atoms in total. The van der Waals surface area contributed by atoms with Gasteiger partial charge >= 0.3 is 0 Å². The summed E-state index contributed by atoms with van der Waals surface area (Å²) in [6.07, 6.45) is 1.42. The largest absolute Gasteiger partial charge is 0.334 e. The lowest BCUT2D eigenvalue weighted by Gasteiger charge is -2.13. The van der Waals surface area contributed by atoms with Gasteiger partial charge in [-0.3, -0.25) is 0 Å². The second-order valence-corrected chi connectivity index (χ2v) is 9.11. The number of sulfonamides is 1. The molecule has 20 heavy (non-hydrogen) atoms. The molecule has 114 valence electrons. The lowest BCUT2D eigenvalue weighted by Crippen LogP contribution is -2.40. The van der Waals surface area contributed by atoms with Crippen molar-refractivity contribution in [2.45, 2.75) is 36.8 Å². The summed E-state index contributed by atoms with van der Waals surface area (Å²) in [5, 5.41) is -0.880. The van der Waals surface area contributed by atoms with Crippen molar-refractivity contribution in [2.75, 3.05) is 11.5 Å². The van der Waals surface area contributed by atoms with Crippen LogP contribution in [-0.2, 0) is 26.4 Å². The summed E-state index contributed by atoms with van der Waals surface area (Å²) in [7, 11) is -7.16. The molecule has 1 aliphatic heterocycles. The third-order valence-electron chi connectivity index (χ3n) is 3.16. The molecule has 1 N–H and O–H groups in total. The van der Waals surface area contributed by atoms with E-state index in [1.165, 1.54) is 6.20 Å². The van der Waals surface area contributed by atoms with Crippen molar-refractivity contribution < 1.29 is 16.8 Å². The number of halogens is 1. The van der Waals surface area contributed by atoms with Crippen molar-refractivity contribution in [1.29, 1.82) is 0 Å². The first-order chi connectivity index (χ1) is 9.14. The molecule has 0 radical (unpaired) electrons. The van der Waals surface area contributed by atoms with Crippen LogP contribution in [0, 0.1) is 6.92 Å². The third kappa shape index (κ3) is 3.16. The number of imidazole rings is 1. The van der Waals surface area contributed by atoms with Crippen molar-refractivity contribution in [3.63, 3.8) is 0 Å². The van der Waals surface area contributed by atoms with Crippen LogP contribution >= 0.6 is 11.6 Å². The number of hydrogen-bond donors (Lipinski definition) is 1. The van der Waals surface area contributed by atoms with E-state index in [9.17, 15) is 16.8 Å². The van der Waals surface area contributed by atoms with E-state index in [4.69, 9.17) is 11.6 Å². The van der Waals surface area contributed by atoms with Gasteiger partial charge in [-0.2, -0.15) is 0 Å². The summed E-state index contributed by atoms with van der Waals surface area (Å²) >= 11 is 5.89. The number of nitrogens with one attached hydrogen (secondary N) is 1. The van der Waals surface area contributed by atoms with Gasteiger partial charge in [0.2, 0.25) is 0 Å². The smallest absolute Gasteiger partial charge is 0.259 e. The Kier molecular flexibility index (Phi) is 4.16. The first-order valence-electron chi connectivity index (χ1n) is 6.05. The van der Waals surface area contributed by atoms with Gasteiger partial charge in [-0.15, -0.1) is 11.6 Å². The van der Waals surface area contributed by atoms with Crippen molar-refractivity contribution in [1.82, 2.24) is 14.3 Å². The fourth-order valence-corrected chi connectivity index (χ4v) is 6.12.